The van der Waals surface area contributed by atoms with Crippen LogP contribution in [0.1, 0.15) is 73.9 Å². The van der Waals surface area contributed by atoms with Crippen molar-refractivity contribution in [2.75, 3.05) is 26.3 Å². The number of thiophene rings is 1. The summed E-state index contributed by atoms with van der Waals surface area (Å²) in [5, 5.41) is 9.23. The molecular weight excluding hydrogens is 496 g/mol. The number of pyridine rings is 1. The van der Waals surface area contributed by atoms with Crippen LogP contribution in [0.15, 0.2) is 18.6 Å². The molecule has 0 aliphatic carbocycles. The van der Waals surface area contributed by atoms with Crippen LogP contribution in [0.2, 0.25) is 0 Å². The van der Waals surface area contributed by atoms with Crippen molar-refractivity contribution in [1.82, 2.24) is 29.8 Å². The number of amides is 1. The molecule has 2 saturated heterocycles. The average molecular weight is 535 g/mol. The quantitative estimate of drug-likeness (QED) is 0.378. The van der Waals surface area contributed by atoms with Crippen molar-refractivity contribution in [3.63, 3.8) is 0 Å². The number of nitrogens with zero attached hydrogens (tertiary/aromatic N) is 4. The van der Waals surface area contributed by atoms with Gasteiger partial charge in [-0.05, 0) is 75.1 Å². The summed E-state index contributed by atoms with van der Waals surface area (Å²) in [7, 11) is 0. The van der Waals surface area contributed by atoms with Gasteiger partial charge in [-0.3, -0.25) is 10.1 Å². The van der Waals surface area contributed by atoms with E-state index in [-0.39, 0.29) is 17.5 Å². The zero-order chi connectivity index (χ0) is 26.8. The Kier molecular flexibility index (Phi) is 6.36. The molecule has 38 heavy (non-hydrogen) atoms. The van der Waals surface area contributed by atoms with E-state index < -0.39 is 0 Å². The molecule has 0 bridgehead atoms. The van der Waals surface area contributed by atoms with E-state index in [1.807, 2.05) is 20.8 Å². The summed E-state index contributed by atoms with van der Waals surface area (Å²) < 4.78 is 7.58. The van der Waals surface area contributed by atoms with E-state index in [9.17, 15) is 4.79 Å². The minimum Gasteiger partial charge on any atom is -0.377 e. The van der Waals surface area contributed by atoms with Gasteiger partial charge in [-0.2, -0.15) is 5.10 Å². The molecular formula is C29H38N6O2S. The first-order valence-electron chi connectivity index (χ1n) is 13.7. The van der Waals surface area contributed by atoms with E-state index in [0.717, 1.165) is 42.7 Å². The Bertz CT molecular complexity index is 1500. The Balaban J connectivity index is 1.25. The summed E-state index contributed by atoms with van der Waals surface area (Å²) in [6.45, 7) is 15.8. The highest BCUT2D eigenvalue weighted by Crippen LogP contribution is 2.46. The Hall–Kier alpha value is -2.75. The highest BCUT2D eigenvalue weighted by molar-refractivity contribution is 7.19. The third kappa shape index (κ3) is 4.34. The van der Waals surface area contributed by atoms with E-state index >= 15 is 0 Å². The molecule has 1 atom stereocenters. The van der Waals surface area contributed by atoms with Crippen molar-refractivity contribution in [1.29, 1.82) is 0 Å². The van der Waals surface area contributed by atoms with Crippen LogP contribution in [0, 0.1) is 13.8 Å². The Morgan fingerprint density at radius 3 is 2.71 bits per heavy atom. The number of rotatable bonds is 4. The lowest BCUT2D eigenvalue weighted by molar-refractivity contribution is -0.139. The van der Waals surface area contributed by atoms with Crippen molar-refractivity contribution in [3.8, 4) is 11.3 Å². The second-order valence-corrected chi connectivity index (χ2v) is 13.1. The van der Waals surface area contributed by atoms with Gasteiger partial charge in [0, 0.05) is 40.7 Å². The number of carbonyl (C=O) groups excluding carboxylic acids is 1. The lowest BCUT2D eigenvalue weighted by Crippen LogP contribution is -2.61. The van der Waals surface area contributed by atoms with E-state index in [1.165, 1.54) is 31.9 Å². The average Bonchev–Trinajstić information content (AvgIpc) is 3.58. The predicted octanol–water partition coefficient (Wildman–Crippen LogP) is 5.15. The van der Waals surface area contributed by atoms with Gasteiger partial charge in [0.1, 0.15) is 17.2 Å². The molecule has 6 heterocycles. The van der Waals surface area contributed by atoms with Crippen molar-refractivity contribution in [3.05, 3.63) is 40.2 Å². The summed E-state index contributed by atoms with van der Waals surface area (Å²) >= 11 is 1.90. The fourth-order valence-corrected chi connectivity index (χ4v) is 7.77. The molecule has 6 rings (SSSR count). The summed E-state index contributed by atoms with van der Waals surface area (Å²) in [4.78, 5) is 26.1. The number of aromatic amines is 1. The Morgan fingerprint density at radius 1 is 1.24 bits per heavy atom. The number of carbonyl (C=O) groups is 1. The molecule has 1 amide bonds. The summed E-state index contributed by atoms with van der Waals surface area (Å²) in [5.74, 6) is 1.03. The maximum atomic E-state index is 13.2. The van der Waals surface area contributed by atoms with Crippen molar-refractivity contribution >= 4 is 33.1 Å². The Labute approximate surface area is 227 Å². The first-order valence-corrected chi connectivity index (χ1v) is 14.5. The van der Waals surface area contributed by atoms with Gasteiger partial charge in [-0.25, -0.2) is 9.50 Å². The highest BCUT2D eigenvalue weighted by atomic mass is 32.1. The number of aromatic nitrogens is 4. The van der Waals surface area contributed by atoms with Gasteiger partial charge in [-0.1, -0.05) is 13.8 Å². The molecule has 0 spiro atoms. The molecule has 9 heteroatoms. The molecule has 0 radical (unpaired) electrons. The number of H-pyrrole nitrogens is 1. The van der Waals surface area contributed by atoms with Crippen LogP contribution in [-0.2, 0) is 9.53 Å². The summed E-state index contributed by atoms with van der Waals surface area (Å²) in [5.41, 5.74) is 6.93. The largest absolute Gasteiger partial charge is 0.377 e. The van der Waals surface area contributed by atoms with Gasteiger partial charge in [0.05, 0.1) is 18.9 Å². The Morgan fingerprint density at radius 2 is 2.00 bits per heavy atom. The molecule has 1 unspecified atom stereocenters. The first-order chi connectivity index (χ1) is 18.1. The first kappa shape index (κ1) is 25.5. The molecule has 0 saturated carbocycles. The lowest BCUT2D eigenvalue weighted by atomic mass is 9.90. The molecule has 2 N–H and O–H groups in total. The van der Waals surface area contributed by atoms with E-state index in [2.05, 4.69) is 74.2 Å². The monoisotopic (exact) mass is 534 g/mol. The number of piperidine rings is 1. The molecule has 0 aromatic carbocycles. The fraction of sp³-hybridized carbons (Fsp3) is 0.552. The van der Waals surface area contributed by atoms with Gasteiger partial charge >= 0.3 is 0 Å². The molecule has 8 nitrogen and oxygen atoms in total. The normalized spacial score (nSPS) is 20.7. The van der Waals surface area contributed by atoms with Crippen LogP contribution >= 0.6 is 11.3 Å². The van der Waals surface area contributed by atoms with Gasteiger partial charge < -0.3 is 14.6 Å². The lowest BCUT2D eigenvalue weighted by Gasteiger charge is -2.40. The highest BCUT2D eigenvalue weighted by Gasteiger charge is 2.36. The fourth-order valence-electron chi connectivity index (χ4n) is 6.38. The predicted molar refractivity (Wildman–Crippen MR) is 152 cm³/mol. The molecule has 2 aliphatic heterocycles. The van der Waals surface area contributed by atoms with E-state index in [4.69, 9.17) is 4.74 Å². The number of aryl methyl sites for hydroxylation is 2. The number of hydrogen-bond donors (Lipinski definition) is 2. The second-order valence-electron chi connectivity index (χ2n) is 12.0. The minimum absolute atomic E-state index is 0.168. The van der Waals surface area contributed by atoms with Crippen LogP contribution in [0.4, 0.5) is 0 Å². The van der Waals surface area contributed by atoms with Crippen LogP contribution in [0.25, 0.3) is 27.1 Å². The molecule has 202 valence electrons. The zero-order valence-electron chi connectivity index (χ0n) is 23.2. The number of ether oxygens (including phenoxy) is 1. The third-order valence-electron chi connectivity index (χ3n) is 8.17. The number of nitrogens with one attached hydrogen (secondary N) is 2. The van der Waals surface area contributed by atoms with Crippen LogP contribution < -0.4 is 5.32 Å². The minimum atomic E-state index is -0.246. The van der Waals surface area contributed by atoms with Gasteiger partial charge in [0.15, 0.2) is 5.65 Å². The van der Waals surface area contributed by atoms with Crippen molar-refractivity contribution in [2.24, 2.45) is 0 Å². The number of likely N-dealkylation sites (tertiary alicyclic amines) is 1. The topological polar surface area (TPSA) is 87.5 Å². The molecule has 4 aromatic rings. The standard InChI is InChI=1S/C29H38N6O2S/c1-16(2)22-23-18(4)25(19-7-9-34(10-8-19)28(36)21-13-37-14-29(5,6)33-21)38-27(23)32-24(22)20-11-17(3)26-30-15-31-35(26)12-20/h11-12,15-16,19,21,32-33H,7-10,13-14H2,1-6H3. The van der Waals surface area contributed by atoms with Crippen LogP contribution in [-0.4, -0.2) is 68.3 Å². The number of morpholine rings is 1. The zero-order valence-corrected chi connectivity index (χ0v) is 24.0. The van der Waals surface area contributed by atoms with Crippen molar-refractivity contribution in [2.45, 2.75) is 77.8 Å². The van der Waals surface area contributed by atoms with Gasteiger partial charge in [-0.15, -0.1) is 11.3 Å². The number of hydrogen-bond acceptors (Lipinski definition) is 6. The molecule has 2 aliphatic rings. The maximum Gasteiger partial charge on any atom is 0.242 e. The second kappa shape index (κ2) is 9.47. The summed E-state index contributed by atoms with van der Waals surface area (Å²) in [6.07, 6.45) is 5.68. The van der Waals surface area contributed by atoms with Gasteiger partial charge in [0.2, 0.25) is 5.91 Å². The van der Waals surface area contributed by atoms with E-state index in [1.54, 1.807) is 6.33 Å². The van der Waals surface area contributed by atoms with E-state index in [0.29, 0.717) is 25.0 Å². The SMILES string of the molecule is Cc1c(C2CCN(C(=O)C3COCC(C)(C)N3)CC2)sc2[nH]c(-c3cc(C)c4ncnn4c3)c(C(C)C)c12. The number of fused-ring (bicyclic) bond motifs is 2. The molecule has 4 aromatic heterocycles. The third-order valence-corrected chi connectivity index (χ3v) is 9.54. The van der Waals surface area contributed by atoms with Crippen LogP contribution in [0.5, 0.6) is 0 Å². The molecule has 2 fully saturated rings. The van der Waals surface area contributed by atoms with Gasteiger partial charge in [0.25, 0.3) is 0 Å². The van der Waals surface area contributed by atoms with Crippen LogP contribution in [0.3, 0.4) is 0 Å². The maximum absolute atomic E-state index is 13.2. The summed E-state index contributed by atoms with van der Waals surface area (Å²) in [6, 6.07) is 1.96. The smallest absolute Gasteiger partial charge is 0.242 e. The van der Waals surface area contributed by atoms with Crippen molar-refractivity contribution < 1.29 is 9.53 Å².